The molecule has 2 heteroatoms. The molecular formula is C46H31NO. The highest BCUT2D eigenvalue weighted by Crippen LogP contribution is 2.51. The lowest BCUT2D eigenvalue weighted by atomic mass is 9.92. The summed E-state index contributed by atoms with van der Waals surface area (Å²) < 4.78 is 6.67. The van der Waals surface area contributed by atoms with Gasteiger partial charge in [0.05, 0.1) is 5.69 Å². The van der Waals surface area contributed by atoms with E-state index in [1.165, 1.54) is 33.4 Å². The molecule has 0 amide bonds. The highest BCUT2D eigenvalue weighted by Gasteiger charge is 2.24. The van der Waals surface area contributed by atoms with E-state index in [1.54, 1.807) is 0 Å². The van der Waals surface area contributed by atoms with Crippen molar-refractivity contribution in [3.8, 4) is 56.0 Å². The van der Waals surface area contributed by atoms with E-state index in [1.807, 2.05) is 6.07 Å². The Balaban J connectivity index is 1.18. The lowest BCUT2D eigenvalue weighted by Crippen LogP contribution is -2.11. The molecule has 0 radical (unpaired) electrons. The second-order valence-electron chi connectivity index (χ2n) is 12.2. The number of hydrogen-bond donors (Lipinski definition) is 0. The van der Waals surface area contributed by atoms with Crippen LogP contribution in [0.3, 0.4) is 0 Å². The number of nitrogens with zero attached hydrogens (tertiary/aromatic N) is 1. The van der Waals surface area contributed by atoms with Gasteiger partial charge in [0.2, 0.25) is 0 Å². The predicted octanol–water partition coefficient (Wildman–Crippen LogP) is 13.1. The summed E-state index contributed by atoms with van der Waals surface area (Å²) >= 11 is 0. The predicted molar refractivity (Wildman–Crippen MR) is 200 cm³/mol. The maximum atomic E-state index is 6.67. The molecule has 1 aliphatic heterocycles. The number of rotatable bonds is 6. The molecule has 48 heavy (non-hydrogen) atoms. The van der Waals surface area contributed by atoms with Crippen molar-refractivity contribution >= 4 is 27.8 Å². The van der Waals surface area contributed by atoms with Crippen LogP contribution < -0.4 is 9.64 Å². The summed E-state index contributed by atoms with van der Waals surface area (Å²) in [6.45, 7) is 0. The molecule has 0 atom stereocenters. The van der Waals surface area contributed by atoms with Gasteiger partial charge in [0.15, 0.2) is 0 Å². The molecule has 1 heterocycles. The van der Waals surface area contributed by atoms with Gasteiger partial charge in [0.25, 0.3) is 0 Å². The van der Waals surface area contributed by atoms with Gasteiger partial charge in [-0.2, -0.15) is 0 Å². The average molecular weight is 614 g/mol. The number of fused-ring (bicyclic) bond motifs is 2. The minimum Gasteiger partial charge on any atom is -0.456 e. The van der Waals surface area contributed by atoms with Gasteiger partial charge in [-0.1, -0.05) is 140 Å². The first-order chi connectivity index (χ1) is 23.8. The van der Waals surface area contributed by atoms with Gasteiger partial charge in [-0.3, -0.25) is 0 Å². The number of benzene rings is 8. The zero-order chi connectivity index (χ0) is 31.9. The van der Waals surface area contributed by atoms with Crippen LogP contribution in [-0.4, -0.2) is 0 Å². The molecule has 0 aromatic heterocycles. The monoisotopic (exact) mass is 613 g/mol. The zero-order valence-corrected chi connectivity index (χ0v) is 26.3. The molecule has 0 N–H and O–H groups in total. The minimum absolute atomic E-state index is 0.876. The van der Waals surface area contributed by atoms with Crippen molar-refractivity contribution < 1.29 is 4.74 Å². The fourth-order valence-electron chi connectivity index (χ4n) is 6.92. The van der Waals surface area contributed by atoms with Crippen LogP contribution in [0.2, 0.25) is 0 Å². The van der Waals surface area contributed by atoms with E-state index in [-0.39, 0.29) is 0 Å². The third kappa shape index (κ3) is 4.92. The van der Waals surface area contributed by atoms with Crippen LogP contribution >= 0.6 is 0 Å². The molecule has 8 aromatic carbocycles. The van der Waals surface area contributed by atoms with Crippen LogP contribution in [0.5, 0.6) is 11.5 Å². The Hall–Kier alpha value is -6.38. The molecule has 0 spiro atoms. The molecule has 0 saturated heterocycles. The number of hydrogen-bond acceptors (Lipinski definition) is 2. The third-order valence-corrected chi connectivity index (χ3v) is 9.28. The SMILES string of the molecule is c1ccc(-c2ccc(N(c3ccc(-c4ccccc4)cc3)c3ccc4c5c(cccc35)-c3ccc(-c5ccccc5)cc3O4)cc2)cc1. The van der Waals surface area contributed by atoms with Crippen molar-refractivity contribution in [2.24, 2.45) is 0 Å². The Labute approximate surface area is 280 Å². The van der Waals surface area contributed by atoms with E-state index in [0.717, 1.165) is 50.5 Å². The summed E-state index contributed by atoms with van der Waals surface area (Å²) in [6, 6.07) is 66.8. The first-order valence-electron chi connectivity index (χ1n) is 16.3. The molecule has 2 nitrogen and oxygen atoms in total. The van der Waals surface area contributed by atoms with Gasteiger partial charge in [0.1, 0.15) is 11.5 Å². The smallest absolute Gasteiger partial charge is 0.136 e. The van der Waals surface area contributed by atoms with E-state index in [0.29, 0.717) is 0 Å². The normalized spacial score (nSPS) is 11.5. The molecule has 0 bridgehead atoms. The van der Waals surface area contributed by atoms with Crippen LogP contribution in [0.15, 0.2) is 188 Å². The summed E-state index contributed by atoms with van der Waals surface area (Å²) in [5, 5.41) is 2.27. The quantitative estimate of drug-likeness (QED) is 0.185. The molecule has 0 unspecified atom stereocenters. The fraction of sp³-hybridized carbons (Fsp3) is 0. The Morgan fingerprint density at radius 1 is 0.333 bits per heavy atom. The van der Waals surface area contributed by atoms with Crippen molar-refractivity contribution in [1.82, 2.24) is 0 Å². The minimum atomic E-state index is 0.876. The van der Waals surface area contributed by atoms with Crippen molar-refractivity contribution in [3.05, 3.63) is 188 Å². The molecule has 1 aliphatic rings. The van der Waals surface area contributed by atoms with Gasteiger partial charge in [-0.15, -0.1) is 0 Å². The highest BCUT2D eigenvalue weighted by atomic mass is 16.5. The Morgan fingerprint density at radius 2 is 0.833 bits per heavy atom. The summed E-state index contributed by atoms with van der Waals surface area (Å²) in [4.78, 5) is 2.36. The topological polar surface area (TPSA) is 12.5 Å². The summed E-state index contributed by atoms with van der Waals surface area (Å²) in [5.41, 5.74) is 12.7. The molecule has 0 aliphatic carbocycles. The summed E-state index contributed by atoms with van der Waals surface area (Å²) in [7, 11) is 0. The van der Waals surface area contributed by atoms with Crippen molar-refractivity contribution in [3.63, 3.8) is 0 Å². The molecular weight excluding hydrogens is 583 g/mol. The third-order valence-electron chi connectivity index (χ3n) is 9.28. The number of ether oxygens (including phenoxy) is 1. The molecule has 226 valence electrons. The lowest BCUT2D eigenvalue weighted by molar-refractivity contribution is 0.487. The van der Waals surface area contributed by atoms with Gasteiger partial charge in [0, 0.05) is 27.7 Å². The van der Waals surface area contributed by atoms with Crippen LogP contribution in [0, 0.1) is 0 Å². The van der Waals surface area contributed by atoms with Crippen molar-refractivity contribution in [2.75, 3.05) is 4.90 Å². The summed E-state index contributed by atoms with van der Waals surface area (Å²) in [6.07, 6.45) is 0. The lowest BCUT2D eigenvalue weighted by Gasteiger charge is -2.29. The molecule has 0 saturated carbocycles. The zero-order valence-electron chi connectivity index (χ0n) is 26.3. The first kappa shape index (κ1) is 27.9. The van der Waals surface area contributed by atoms with Crippen LogP contribution in [0.1, 0.15) is 0 Å². The van der Waals surface area contributed by atoms with Gasteiger partial charge >= 0.3 is 0 Å². The Bertz CT molecular complexity index is 2300. The second-order valence-corrected chi connectivity index (χ2v) is 12.2. The van der Waals surface area contributed by atoms with Gasteiger partial charge in [-0.25, -0.2) is 0 Å². The van der Waals surface area contributed by atoms with Crippen LogP contribution in [-0.2, 0) is 0 Å². The number of anilines is 3. The van der Waals surface area contributed by atoms with E-state index in [9.17, 15) is 0 Å². The largest absolute Gasteiger partial charge is 0.456 e. The first-order valence-corrected chi connectivity index (χ1v) is 16.3. The van der Waals surface area contributed by atoms with E-state index >= 15 is 0 Å². The van der Waals surface area contributed by atoms with E-state index in [2.05, 4.69) is 187 Å². The standard InChI is InChI=1S/C46H31NO/c1-4-11-32(12-5-1)35-19-24-38(25-20-35)47(39-26-21-36(22-27-39)33-13-6-2-7-14-33)43-29-30-44-46-41(17-10-18-42(43)46)40-28-23-37(31-45(40)48-44)34-15-8-3-9-16-34/h1-31H. The molecule has 8 aromatic rings. The van der Waals surface area contributed by atoms with Crippen molar-refractivity contribution in [1.29, 1.82) is 0 Å². The highest BCUT2D eigenvalue weighted by molar-refractivity contribution is 6.11. The van der Waals surface area contributed by atoms with E-state index in [4.69, 9.17) is 4.74 Å². The summed E-state index contributed by atoms with van der Waals surface area (Å²) in [5.74, 6) is 1.76. The Kier molecular flexibility index (Phi) is 6.84. The van der Waals surface area contributed by atoms with Crippen molar-refractivity contribution in [2.45, 2.75) is 0 Å². The fourth-order valence-corrected chi connectivity index (χ4v) is 6.92. The second kappa shape index (κ2) is 11.8. The maximum absolute atomic E-state index is 6.67. The molecule has 9 rings (SSSR count). The average Bonchev–Trinajstić information content (AvgIpc) is 3.17. The maximum Gasteiger partial charge on any atom is 0.136 e. The van der Waals surface area contributed by atoms with Crippen LogP contribution in [0.25, 0.3) is 55.3 Å². The van der Waals surface area contributed by atoms with Crippen LogP contribution in [0.4, 0.5) is 17.1 Å². The van der Waals surface area contributed by atoms with Gasteiger partial charge < -0.3 is 9.64 Å². The molecule has 0 fully saturated rings. The van der Waals surface area contributed by atoms with Gasteiger partial charge in [-0.05, 0) is 87.5 Å². The Morgan fingerprint density at radius 3 is 1.40 bits per heavy atom. The van der Waals surface area contributed by atoms with E-state index < -0.39 is 0 Å².